The van der Waals surface area contributed by atoms with Crippen molar-refractivity contribution >= 4 is 39.8 Å². The number of rotatable bonds is 5. The second-order valence-electron chi connectivity index (χ2n) is 4.75. The van der Waals surface area contributed by atoms with Gasteiger partial charge in [0.05, 0.1) is 12.7 Å². The van der Waals surface area contributed by atoms with Crippen LogP contribution in [0.25, 0.3) is 0 Å². The van der Waals surface area contributed by atoms with Gasteiger partial charge in [0, 0.05) is 17.2 Å². The minimum Gasteiger partial charge on any atom is -0.465 e. The van der Waals surface area contributed by atoms with Crippen LogP contribution >= 0.6 is 22.9 Å². The van der Waals surface area contributed by atoms with E-state index in [1.807, 2.05) is 0 Å². The Labute approximate surface area is 127 Å². The molecule has 0 fully saturated rings. The Hall–Kier alpha value is -1.07. The first kappa shape index (κ1) is 15.3. The van der Waals surface area contributed by atoms with Crippen LogP contribution in [0.1, 0.15) is 46.5 Å². The van der Waals surface area contributed by atoms with Gasteiger partial charge in [-0.2, -0.15) is 0 Å². The van der Waals surface area contributed by atoms with Crippen LogP contribution in [0, 0.1) is 0 Å². The standard InChI is InChI=1S/C14H18ClNO3S/c1-19-14(18)12-9-5-2-3-6-10(9)20-13(12)16-11(17)7-4-8-15/h2-8H2,1H3,(H,16,17). The number of hydrogen-bond acceptors (Lipinski definition) is 4. The van der Waals surface area contributed by atoms with E-state index in [4.69, 9.17) is 16.3 Å². The lowest BCUT2D eigenvalue weighted by Gasteiger charge is -2.11. The molecule has 110 valence electrons. The maximum absolute atomic E-state index is 12.0. The molecule has 1 aliphatic rings. The Kier molecular flexibility index (Phi) is 5.43. The number of alkyl halides is 1. The van der Waals surface area contributed by atoms with Crippen LogP contribution in [0.5, 0.6) is 0 Å². The molecule has 0 aliphatic heterocycles. The quantitative estimate of drug-likeness (QED) is 0.669. The molecule has 6 heteroatoms. The lowest BCUT2D eigenvalue weighted by Crippen LogP contribution is -2.14. The highest BCUT2D eigenvalue weighted by Crippen LogP contribution is 2.38. The van der Waals surface area contributed by atoms with Crippen LogP contribution in [-0.2, 0) is 22.4 Å². The number of carbonyl (C=O) groups excluding carboxylic acids is 2. The fourth-order valence-corrected chi connectivity index (χ4v) is 3.82. The van der Waals surface area contributed by atoms with E-state index in [-0.39, 0.29) is 11.9 Å². The third-order valence-electron chi connectivity index (χ3n) is 3.35. The number of thiophene rings is 1. The number of ether oxygens (including phenoxy) is 1. The molecule has 2 rings (SSSR count). The lowest BCUT2D eigenvalue weighted by molar-refractivity contribution is -0.116. The molecule has 0 aromatic carbocycles. The van der Waals surface area contributed by atoms with Crippen molar-refractivity contribution < 1.29 is 14.3 Å². The van der Waals surface area contributed by atoms with Crippen molar-refractivity contribution in [2.75, 3.05) is 18.3 Å². The molecule has 4 nitrogen and oxygen atoms in total. The van der Waals surface area contributed by atoms with E-state index >= 15 is 0 Å². The number of halogens is 1. The smallest absolute Gasteiger partial charge is 0.341 e. The van der Waals surface area contributed by atoms with Crippen LogP contribution in [0.2, 0.25) is 0 Å². The van der Waals surface area contributed by atoms with Gasteiger partial charge in [0.25, 0.3) is 0 Å². The number of amides is 1. The molecule has 1 aliphatic carbocycles. The average molecular weight is 316 g/mol. The summed E-state index contributed by atoms with van der Waals surface area (Å²) in [6.07, 6.45) is 5.06. The summed E-state index contributed by atoms with van der Waals surface area (Å²) < 4.78 is 4.86. The molecule has 20 heavy (non-hydrogen) atoms. The zero-order chi connectivity index (χ0) is 14.5. The van der Waals surface area contributed by atoms with Gasteiger partial charge < -0.3 is 10.1 Å². The molecule has 0 bridgehead atoms. The highest BCUT2D eigenvalue weighted by atomic mass is 35.5. The Balaban J connectivity index is 2.25. The predicted octanol–water partition coefficient (Wildman–Crippen LogP) is 3.37. The van der Waals surface area contributed by atoms with Gasteiger partial charge in [0.2, 0.25) is 5.91 Å². The van der Waals surface area contributed by atoms with Crippen molar-refractivity contribution in [3.63, 3.8) is 0 Å². The lowest BCUT2D eigenvalue weighted by atomic mass is 9.95. The largest absolute Gasteiger partial charge is 0.465 e. The minimum absolute atomic E-state index is 0.102. The number of hydrogen-bond donors (Lipinski definition) is 1. The molecule has 1 aromatic heterocycles. The first-order valence-electron chi connectivity index (χ1n) is 6.76. The Bertz CT molecular complexity index is 513. The Morgan fingerprint density at radius 1 is 1.35 bits per heavy atom. The van der Waals surface area contributed by atoms with Crippen LogP contribution in [0.15, 0.2) is 0 Å². The topological polar surface area (TPSA) is 55.4 Å². The minimum atomic E-state index is -0.364. The summed E-state index contributed by atoms with van der Waals surface area (Å²) in [7, 11) is 1.37. The Morgan fingerprint density at radius 3 is 2.80 bits per heavy atom. The van der Waals surface area contributed by atoms with E-state index in [2.05, 4.69) is 5.32 Å². The van der Waals surface area contributed by atoms with Gasteiger partial charge in [-0.3, -0.25) is 4.79 Å². The summed E-state index contributed by atoms with van der Waals surface area (Å²) in [5.41, 5.74) is 1.60. The zero-order valence-electron chi connectivity index (χ0n) is 11.5. The first-order valence-corrected chi connectivity index (χ1v) is 8.11. The van der Waals surface area contributed by atoms with E-state index in [1.54, 1.807) is 0 Å². The SMILES string of the molecule is COC(=O)c1c(NC(=O)CCCCl)sc2c1CCCC2. The van der Waals surface area contributed by atoms with E-state index < -0.39 is 0 Å². The molecule has 1 amide bonds. The van der Waals surface area contributed by atoms with Crippen molar-refractivity contribution in [2.45, 2.75) is 38.5 Å². The molecule has 1 heterocycles. The van der Waals surface area contributed by atoms with E-state index in [1.165, 1.54) is 23.3 Å². The predicted molar refractivity (Wildman–Crippen MR) is 80.9 cm³/mol. The monoisotopic (exact) mass is 315 g/mol. The van der Waals surface area contributed by atoms with Gasteiger partial charge in [0.1, 0.15) is 5.00 Å². The van der Waals surface area contributed by atoms with E-state index in [9.17, 15) is 9.59 Å². The summed E-state index contributed by atoms with van der Waals surface area (Å²) in [4.78, 5) is 25.0. The second-order valence-corrected chi connectivity index (χ2v) is 6.23. The van der Waals surface area contributed by atoms with E-state index in [0.29, 0.717) is 29.3 Å². The maximum atomic E-state index is 12.0. The summed E-state index contributed by atoms with van der Waals surface area (Å²) >= 11 is 7.09. The van der Waals surface area contributed by atoms with Gasteiger partial charge in [-0.25, -0.2) is 4.79 Å². The molecule has 0 unspecified atom stereocenters. The van der Waals surface area contributed by atoms with Gasteiger partial charge in [-0.05, 0) is 37.7 Å². The molecule has 0 atom stereocenters. The molecular formula is C14H18ClNO3S. The average Bonchev–Trinajstić information content (AvgIpc) is 2.82. The fraction of sp³-hybridized carbons (Fsp3) is 0.571. The van der Waals surface area contributed by atoms with Gasteiger partial charge >= 0.3 is 5.97 Å². The number of esters is 1. The van der Waals surface area contributed by atoms with Gasteiger partial charge in [-0.1, -0.05) is 0 Å². The number of nitrogens with one attached hydrogen (secondary N) is 1. The zero-order valence-corrected chi connectivity index (χ0v) is 13.0. The molecule has 1 aromatic rings. The summed E-state index contributed by atoms with van der Waals surface area (Å²) in [6.45, 7) is 0. The van der Waals surface area contributed by atoms with Gasteiger partial charge in [-0.15, -0.1) is 22.9 Å². The number of anilines is 1. The van der Waals surface area contributed by atoms with Crippen LogP contribution in [0.4, 0.5) is 5.00 Å². The summed E-state index contributed by atoms with van der Waals surface area (Å²) in [5.74, 6) is -0.00969. The van der Waals surface area contributed by atoms with E-state index in [0.717, 1.165) is 31.2 Å². The molecule has 0 saturated heterocycles. The van der Waals surface area contributed by atoms with Crippen molar-refractivity contribution in [1.29, 1.82) is 0 Å². The third-order valence-corrected chi connectivity index (χ3v) is 4.83. The molecule has 1 N–H and O–H groups in total. The van der Waals surface area contributed by atoms with Crippen molar-refractivity contribution in [2.24, 2.45) is 0 Å². The maximum Gasteiger partial charge on any atom is 0.341 e. The number of methoxy groups -OCH3 is 1. The molecule has 0 spiro atoms. The highest BCUT2D eigenvalue weighted by Gasteiger charge is 2.26. The van der Waals surface area contributed by atoms with Gasteiger partial charge in [0.15, 0.2) is 0 Å². The van der Waals surface area contributed by atoms with Crippen molar-refractivity contribution in [1.82, 2.24) is 0 Å². The van der Waals surface area contributed by atoms with Crippen molar-refractivity contribution in [3.8, 4) is 0 Å². The number of aryl methyl sites for hydroxylation is 1. The second kappa shape index (κ2) is 7.09. The van der Waals surface area contributed by atoms with Crippen molar-refractivity contribution in [3.05, 3.63) is 16.0 Å². The fourth-order valence-electron chi connectivity index (χ4n) is 2.39. The Morgan fingerprint density at radius 2 is 2.10 bits per heavy atom. The normalized spacial score (nSPS) is 13.7. The summed E-state index contributed by atoms with van der Waals surface area (Å²) in [5, 5.41) is 3.47. The summed E-state index contributed by atoms with van der Waals surface area (Å²) in [6, 6.07) is 0. The van der Waals surface area contributed by atoms with Crippen LogP contribution < -0.4 is 5.32 Å². The molecule has 0 saturated carbocycles. The molecular weight excluding hydrogens is 298 g/mol. The molecule has 0 radical (unpaired) electrons. The highest BCUT2D eigenvalue weighted by molar-refractivity contribution is 7.17. The van der Waals surface area contributed by atoms with Crippen LogP contribution in [0.3, 0.4) is 0 Å². The number of carbonyl (C=O) groups is 2. The number of fused-ring (bicyclic) bond motifs is 1. The first-order chi connectivity index (χ1) is 9.67. The third kappa shape index (κ3) is 3.33. The van der Waals surface area contributed by atoms with Crippen LogP contribution in [-0.4, -0.2) is 24.9 Å².